The molecule has 116 valence electrons. The maximum Gasteiger partial charge on any atom is 0.308 e. The minimum absolute atomic E-state index is 0.0365. The summed E-state index contributed by atoms with van der Waals surface area (Å²) in [5, 5.41) is 12.1. The molecule has 0 saturated heterocycles. The quantitative estimate of drug-likeness (QED) is 0.736. The van der Waals surface area contributed by atoms with Crippen LogP contribution in [0.2, 0.25) is 0 Å². The first-order chi connectivity index (χ1) is 9.35. The van der Waals surface area contributed by atoms with Gasteiger partial charge in [0.2, 0.25) is 5.91 Å². The summed E-state index contributed by atoms with van der Waals surface area (Å²) in [7, 11) is 0. The van der Waals surface area contributed by atoms with Crippen molar-refractivity contribution in [3.63, 3.8) is 0 Å². The molecule has 4 nitrogen and oxygen atoms in total. The Morgan fingerprint density at radius 1 is 1.15 bits per heavy atom. The Morgan fingerprint density at radius 3 is 2.15 bits per heavy atom. The summed E-state index contributed by atoms with van der Waals surface area (Å²) in [6.45, 7) is 6.28. The molecule has 0 aromatic heterocycles. The Balaban J connectivity index is 2.53. The van der Waals surface area contributed by atoms with Crippen LogP contribution in [0.1, 0.15) is 65.7 Å². The van der Waals surface area contributed by atoms with Gasteiger partial charge in [-0.25, -0.2) is 0 Å². The van der Waals surface area contributed by atoms with Crippen molar-refractivity contribution in [1.29, 1.82) is 0 Å². The number of aliphatic carboxylic acids is 1. The third-order valence-corrected chi connectivity index (χ3v) is 4.37. The van der Waals surface area contributed by atoms with Gasteiger partial charge in [0.15, 0.2) is 0 Å². The van der Waals surface area contributed by atoms with Crippen molar-refractivity contribution in [2.24, 2.45) is 17.3 Å². The van der Waals surface area contributed by atoms with Crippen LogP contribution in [0.25, 0.3) is 0 Å². The molecule has 1 saturated carbocycles. The van der Waals surface area contributed by atoms with E-state index in [2.05, 4.69) is 5.32 Å². The van der Waals surface area contributed by atoms with E-state index in [9.17, 15) is 14.7 Å². The van der Waals surface area contributed by atoms with Crippen LogP contribution in [-0.2, 0) is 9.59 Å². The molecule has 0 aromatic rings. The van der Waals surface area contributed by atoms with E-state index in [1.165, 1.54) is 12.8 Å². The van der Waals surface area contributed by atoms with Crippen molar-refractivity contribution < 1.29 is 14.7 Å². The lowest BCUT2D eigenvalue weighted by Crippen LogP contribution is -2.42. The first-order valence-electron chi connectivity index (χ1n) is 7.86. The second-order valence-electron chi connectivity index (χ2n) is 6.85. The number of carbonyl (C=O) groups excluding carboxylic acids is 1. The summed E-state index contributed by atoms with van der Waals surface area (Å²) in [5.74, 6) is -0.936. The molecule has 1 rings (SSSR count). The number of hydrogen-bond acceptors (Lipinski definition) is 2. The highest BCUT2D eigenvalue weighted by molar-refractivity contribution is 5.82. The first-order valence-corrected chi connectivity index (χ1v) is 7.86. The van der Waals surface area contributed by atoms with Crippen LogP contribution in [0.15, 0.2) is 0 Å². The van der Waals surface area contributed by atoms with Crippen LogP contribution in [-0.4, -0.2) is 23.5 Å². The summed E-state index contributed by atoms with van der Waals surface area (Å²) in [6.07, 6.45) is 7.03. The summed E-state index contributed by atoms with van der Waals surface area (Å²) >= 11 is 0. The fourth-order valence-corrected chi connectivity index (χ4v) is 3.01. The van der Waals surface area contributed by atoms with E-state index in [1.54, 1.807) is 0 Å². The number of carbonyl (C=O) groups is 2. The predicted octanol–water partition coefficient (Wildman–Crippen LogP) is 3.21. The summed E-state index contributed by atoms with van der Waals surface area (Å²) in [6, 6.07) is 0. The van der Waals surface area contributed by atoms with Crippen molar-refractivity contribution >= 4 is 11.9 Å². The van der Waals surface area contributed by atoms with Gasteiger partial charge in [-0.05, 0) is 25.2 Å². The minimum Gasteiger partial charge on any atom is -0.481 e. The van der Waals surface area contributed by atoms with E-state index in [1.807, 2.05) is 20.8 Å². The maximum atomic E-state index is 12.4. The Bertz CT molecular complexity index is 331. The van der Waals surface area contributed by atoms with E-state index in [0.29, 0.717) is 12.3 Å². The molecule has 0 aromatic carbocycles. The second kappa shape index (κ2) is 7.65. The highest BCUT2D eigenvalue weighted by atomic mass is 16.4. The minimum atomic E-state index is -0.815. The van der Waals surface area contributed by atoms with Gasteiger partial charge >= 0.3 is 5.97 Å². The van der Waals surface area contributed by atoms with Crippen molar-refractivity contribution in [2.75, 3.05) is 6.54 Å². The van der Waals surface area contributed by atoms with Crippen molar-refractivity contribution in [2.45, 2.75) is 65.7 Å². The smallest absolute Gasteiger partial charge is 0.308 e. The van der Waals surface area contributed by atoms with Crippen LogP contribution in [0, 0.1) is 17.3 Å². The largest absolute Gasteiger partial charge is 0.481 e. The molecule has 1 amide bonds. The van der Waals surface area contributed by atoms with E-state index >= 15 is 0 Å². The van der Waals surface area contributed by atoms with Crippen LogP contribution < -0.4 is 5.32 Å². The topological polar surface area (TPSA) is 66.4 Å². The lowest BCUT2D eigenvalue weighted by molar-refractivity contribution is -0.142. The molecule has 1 aliphatic rings. The molecule has 2 N–H and O–H groups in total. The van der Waals surface area contributed by atoms with Gasteiger partial charge in [0.05, 0.1) is 5.92 Å². The maximum absolute atomic E-state index is 12.4. The van der Waals surface area contributed by atoms with Gasteiger partial charge in [-0.3, -0.25) is 9.59 Å². The average Bonchev–Trinajstić information content (AvgIpc) is 2.59. The highest BCUT2D eigenvalue weighted by Crippen LogP contribution is 2.34. The molecule has 0 bridgehead atoms. The molecule has 0 spiro atoms. The van der Waals surface area contributed by atoms with Gasteiger partial charge < -0.3 is 10.4 Å². The summed E-state index contributed by atoms with van der Waals surface area (Å²) < 4.78 is 0. The SMILES string of the molecule is CC(C)CC(CNC(=O)C1(C)CCCCCC1)C(=O)O. The standard InChI is InChI=1S/C16H29NO3/c1-12(2)10-13(14(18)19)11-17-15(20)16(3)8-6-4-5-7-9-16/h12-13H,4-11H2,1-3H3,(H,17,20)(H,18,19). The van der Waals surface area contributed by atoms with E-state index in [4.69, 9.17) is 0 Å². The summed E-state index contributed by atoms with van der Waals surface area (Å²) in [5.41, 5.74) is -0.308. The van der Waals surface area contributed by atoms with Gasteiger partial charge in [0.1, 0.15) is 0 Å². The van der Waals surface area contributed by atoms with Gasteiger partial charge in [-0.2, -0.15) is 0 Å². The Kier molecular flexibility index (Phi) is 6.50. The molecule has 0 aliphatic heterocycles. The third kappa shape index (κ3) is 5.14. The molecule has 1 aliphatic carbocycles. The Morgan fingerprint density at radius 2 is 1.70 bits per heavy atom. The zero-order chi connectivity index (χ0) is 15.2. The van der Waals surface area contributed by atoms with Crippen molar-refractivity contribution in [3.8, 4) is 0 Å². The third-order valence-electron chi connectivity index (χ3n) is 4.37. The molecule has 20 heavy (non-hydrogen) atoms. The molecule has 0 heterocycles. The zero-order valence-corrected chi connectivity index (χ0v) is 13.1. The number of nitrogens with one attached hydrogen (secondary N) is 1. The average molecular weight is 283 g/mol. The fourth-order valence-electron chi connectivity index (χ4n) is 3.01. The zero-order valence-electron chi connectivity index (χ0n) is 13.1. The van der Waals surface area contributed by atoms with Crippen molar-refractivity contribution in [1.82, 2.24) is 5.32 Å². The monoisotopic (exact) mass is 283 g/mol. The number of rotatable bonds is 6. The lowest BCUT2D eigenvalue weighted by atomic mass is 9.81. The molecule has 1 atom stereocenters. The van der Waals surface area contributed by atoms with Crippen LogP contribution in [0.3, 0.4) is 0 Å². The fraction of sp³-hybridized carbons (Fsp3) is 0.875. The number of carboxylic acids is 1. The molecule has 0 radical (unpaired) electrons. The van der Waals surface area contributed by atoms with Crippen molar-refractivity contribution in [3.05, 3.63) is 0 Å². The van der Waals surface area contributed by atoms with E-state index < -0.39 is 11.9 Å². The Labute approximate surface area is 122 Å². The van der Waals surface area contributed by atoms with Gasteiger partial charge in [0, 0.05) is 12.0 Å². The normalized spacial score (nSPS) is 20.2. The first kappa shape index (κ1) is 17.0. The summed E-state index contributed by atoms with van der Waals surface area (Å²) in [4.78, 5) is 23.6. The molecular weight excluding hydrogens is 254 g/mol. The predicted molar refractivity (Wildman–Crippen MR) is 79.4 cm³/mol. The lowest BCUT2D eigenvalue weighted by Gasteiger charge is -2.27. The van der Waals surface area contributed by atoms with E-state index in [-0.39, 0.29) is 17.9 Å². The van der Waals surface area contributed by atoms with Gasteiger partial charge in [0.25, 0.3) is 0 Å². The molecule has 1 unspecified atom stereocenters. The highest BCUT2D eigenvalue weighted by Gasteiger charge is 2.34. The number of carboxylic acid groups (broad SMARTS) is 1. The molecular formula is C16H29NO3. The molecule has 1 fully saturated rings. The number of hydrogen-bond donors (Lipinski definition) is 2. The number of amides is 1. The van der Waals surface area contributed by atoms with E-state index in [0.717, 1.165) is 25.7 Å². The van der Waals surface area contributed by atoms with Crippen LogP contribution in [0.5, 0.6) is 0 Å². The van der Waals surface area contributed by atoms with Crippen LogP contribution >= 0.6 is 0 Å². The Hall–Kier alpha value is -1.06. The van der Waals surface area contributed by atoms with Gasteiger partial charge in [-0.15, -0.1) is 0 Å². The second-order valence-corrected chi connectivity index (χ2v) is 6.85. The van der Waals surface area contributed by atoms with Crippen LogP contribution in [0.4, 0.5) is 0 Å². The van der Waals surface area contributed by atoms with Gasteiger partial charge in [-0.1, -0.05) is 46.5 Å². The molecule has 4 heteroatoms.